The van der Waals surface area contributed by atoms with Gasteiger partial charge in [0.15, 0.2) is 11.4 Å². The second-order valence-electron chi connectivity index (χ2n) is 18.6. The number of rotatable bonds is 13. The molecule has 10 rings (SSSR count). The highest BCUT2D eigenvalue weighted by Crippen LogP contribution is 2.43. The Morgan fingerprint density at radius 1 is 1.03 bits per heavy atom. The van der Waals surface area contributed by atoms with Crippen molar-refractivity contribution in [2.75, 3.05) is 63.9 Å². The number of hydrogen-bond donors (Lipinski definition) is 2. The van der Waals surface area contributed by atoms with E-state index in [1.54, 1.807) is 23.1 Å². The molecule has 2 saturated heterocycles. The molecule has 2 N–H and O–H groups in total. The van der Waals surface area contributed by atoms with Crippen LogP contribution >= 0.6 is 11.6 Å². The predicted octanol–water partition coefficient (Wildman–Crippen LogP) is 7.61. The summed E-state index contributed by atoms with van der Waals surface area (Å²) in [7, 11) is -4.61. The number of halogens is 1. The largest absolute Gasteiger partial charge is 0.484 e. The first kappa shape index (κ1) is 44.0. The topological polar surface area (TPSA) is 181 Å². The lowest BCUT2D eigenvalue weighted by molar-refractivity contribution is -0.386. The Balaban J connectivity index is 0.894. The minimum absolute atomic E-state index is 0.0551. The summed E-state index contributed by atoms with van der Waals surface area (Å²) in [5, 5.41) is 17.0. The first-order valence-electron chi connectivity index (χ1n) is 22.5. The van der Waals surface area contributed by atoms with Crippen LogP contribution in [0.4, 0.5) is 11.4 Å². The van der Waals surface area contributed by atoms with Crippen LogP contribution in [0.1, 0.15) is 61.9 Å². The maximum Gasteiger partial charge on any atom is 0.312 e. The lowest BCUT2D eigenvalue weighted by Crippen LogP contribution is -2.47. The van der Waals surface area contributed by atoms with Crippen molar-refractivity contribution in [3.63, 3.8) is 0 Å². The predicted molar refractivity (Wildman–Crippen MR) is 253 cm³/mol. The van der Waals surface area contributed by atoms with E-state index in [0.29, 0.717) is 41.6 Å². The van der Waals surface area contributed by atoms with Gasteiger partial charge in [-0.2, -0.15) is 0 Å². The number of fused-ring (bicyclic) bond motifs is 2. The van der Waals surface area contributed by atoms with Crippen molar-refractivity contribution >= 4 is 66.5 Å². The third kappa shape index (κ3) is 9.27. The number of nitro benzene ring substituents is 1. The van der Waals surface area contributed by atoms with Crippen molar-refractivity contribution in [3.05, 3.63) is 117 Å². The van der Waals surface area contributed by atoms with E-state index in [1.165, 1.54) is 28.8 Å². The molecule has 1 atom stereocenters. The number of piperazine rings is 1. The van der Waals surface area contributed by atoms with Crippen LogP contribution in [0.2, 0.25) is 5.02 Å². The zero-order valence-electron chi connectivity index (χ0n) is 36.9. The molecule has 0 spiro atoms. The second-order valence-corrected chi connectivity index (χ2v) is 20.7. The Morgan fingerprint density at radius 2 is 1.83 bits per heavy atom. The molecule has 0 radical (unpaired) electrons. The molecule has 1 amide bonds. The Bertz CT molecular complexity index is 2980. The molecule has 3 aromatic heterocycles. The molecule has 344 valence electrons. The lowest BCUT2D eigenvalue weighted by atomic mass is 9.72. The van der Waals surface area contributed by atoms with Crippen molar-refractivity contribution in [3.8, 4) is 11.4 Å². The molecular formula is C48H52ClN9O7S. The zero-order chi connectivity index (χ0) is 45.7. The lowest BCUT2D eigenvalue weighted by Gasteiger charge is -2.39. The molecule has 4 aliphatic rings. The number of sulfonamides is 1. The summed E-state index contributed by atoms with van der Waals surface area (Å²) in [4.78, 5) is 41.5. The van der Waals surface area contributed by atoms with Crippen LogP contribution in [-0.2, 0) is 14.8 Å². The minimum atomic E-state index is -4.61. The highest BCUT2D eigenvalue weighted by molar-refractivity contribution is 7.90. The zero-order valence-corrected chi connectivity index (χ0v) is 38.5. The molecule has 18 heteroatoms. The summed E-state index contributed by atoms with van der Waals surface area (Å²) < 4.78 is 43.4. The number of hydrogen-bond acceptors (Lipinski definition) is 12. The van der Waals surface area contributed by atoms with Gasteiger partial charge in [-0.05, 0) is 103 Å². The number of allylic oxidation sites excluding steroid dienone is 1. The van der Waals surface area contributed by atoms with Crippen molar-refractivity contribution in [1.82, 2.24) is 34.3 Å². The van der Waals surface area contributed by atoms with Crippen LogP contribution in [-0.4, -0.2) is 120 Å². The molecule has 0 bridgehead atoms. The second kappa shape index (κ2) is 17.8. The van der Waals surface area contributed by atoms with Gasteiger partial charge in [0.25, 0.3) is 15.9 Å². The number of nitrogens with zero attached hydrogens (tertiary/aromatic N) is 7. The summed E-state index contributed by atoms with van der Waals surface area (Å²) >= 11 is 6.26. The van der Waals surface area contributed by atoms with E-state index >= 15 is 0 Å². The number of morpholine rings is 1. The van der Waals surface area contributed by atoms with Crippen LogP contribution in [0.15, 0.2) is 95.7 Å². The fraction of sp³-hybridized carbons (Fsp3) is 0.396. The first-order chi connectivity index (χ1) is 31.8. The molecule has 16 nitrogen and oxygen atoms in total. The van der Waals surface area contributed by atoms with E-state index < -0.39 is 31.4 Å². The number of H-pyrrole nitrogens is 1. The number of carbonyl (C=O) groups is 1. The number of benzene rings is 3. The van der Waals surface area contributed by atoms with E-state index in [-0.39, 0.29) is 29.4 Å². The Hall–Kier alpha value is -5.85. The first-order valence-corrected chi connectivity index (χ1v) is 24.4. The van der Waals surface area contributed by atoms with Gasteiger partial charge in [-0.25, -0.2) is 23.1 Å². The molecule has 1 unspecified atom stereocenters. The van der Waals surface area contributed by atoms with E-state index in [1.807, 2.05) is 36.4 Å². The number of nitro groups is 1. The summed E-state index contributed by atoms with van der Waals surface area (Å²) in [5.74, 6) is -1.01. The number of aromatic nitrogens is 4. The smallest absolute Gasteiger partial charge is 0.312 e. The van der Waals surface area contributed by atoms with Gasteiger partial charge in [-0.1, -0.05) is 43.2 Å². The summed E-state index contributed by atoms with van der Waals surface area (Å²) in [6, 6.07) is 21.2. The summed E-state index contributed by atoms with van der Waals surface area (Å²) in [6.07, 6.45) is 8.60. The number of anilines is 1. The molecular weight excluding hydrogens is 882 g/mol. The van der Waals surface area contributed by atoms with Gasteiger partial charge in [0, 0.05) is 86.4 Å². The maximum absolute atomic E-state index is 14.3. The molecule has 3 fully saturated rings. The third-order valence-electron chi connectivity index (χ3n) is 13.4. The molecule has 5 heterocycles. The fourth-order valence-corrected chi connectivity index (χ4v) is 10.7. The van der Waals surface area contributed by atoms with Gasteiger partial charge in [0.1, 0.15) is 18.2 Å². The number of amides is 1. The average Bonchev–Trinajstić information content (AvgIpc) is 3.93. The van der Waals surface area contributed by atoms with E-state index in [4.69, 9.17) is 21.1 Å². The summed E-state index contributed by atoms with van der Waals surface area (Å²) in [5.41, 5.74) is 6.92. The van der Waals surface area contributed by atoms with E-state index in [2.05, 4.69) is 60.5 Å². The van der Waals surface area contributed by atoms with E-state index in [0.717, 1.165) is 93.5 Å². The third-order valence-corrected chi connectivity index (χ3v) is 15.0. The van der Waals surface area contributed by atoms with Crippen molar-refractivity contribution in [1.29, 1.82) is 0 Å². The van der Waals surface area contributed by atoms with Gasteiger partial charge in [-0.15, -0.1) is 0 Å². The average molecular weight is 935 g/mol. The number of nitrogens with one attached hydrogen (secondary N) is 2. The van der Waals surface area contributed by atoms with Crippen LogP contribution < -0.4 is 14.4 Å². The van der Waals surface area contributed by atoms with Crippen LogP contribution in [0, 0.1) is 15.5 Å². The monoisotopic (exact) mass is 933 g/mol. The van der Waals surface area contributed by atoms with Gasteiger partial charge < -0.3 is 14.4 Å². The molecule has 66 heavy (non-hydrogen) atoms. The summed E-state index contributed by atoms with van der Waals surface area (Å²) in [6.45, 7) is 10.8. The number of pyridine rings is 1. The van der Waals surface area contributed by atoms with Crippen LogP contribution in [0.25, 0.3) is 33.3 Å². The van der Waals surface area contributed by atoms with Gasteiger partial charge in [-0.3, -0.25) is 34.5 Å². The molecule has 2 aliphatic heterocycles. The number of ether oxygens (including phenoxy) is 2. The standard InChI is InChI=1S/C48H52ClN9O7S/c1-48(2)15-13-33(40(26-48)31-3-5-34(49)6-4-31)28-54-17-19-55(20-18-54)36-9-11-39(42(24-36)57-43-23-32-14-16-50-46(32)52-41(43)27-51-57)47(59)53-66(62,63)38-10-12-45(44(25-38)58(60)61)65-30-37-29-56(21-22-64-37)35-7-8-35/h3-6,9-12,14,16,23-25,27,35,37,51H,7-8,13,15,17-22,26,28-30H2,1-2H3,(H,53,59). The minimum Gasteiger partial charge on any atom is -0.484 e. The van der Waals surface area contributed by atoms with Crippen molar-refractivity contribution < 1.29 is 27.6 Å². The molecule has 3 aromatic carbocycles. The van der Waals surface area contributed by atoms with Crippen LogP contribution in [0.3, 0.4) is 0 Å². The van der Waals surface area contributed by atoms with Crippen molar-refractivity contribution in [2.24, 2.45) is 5.41 Å². The highest BCUT2D eigenvalue weighted by atomic mass is 35.5. The molecule has 6 aromatic rings. The number of aromatic amines is 1. The molecule has 1 saturated carbocycles. The van der Waals surface area contributed by atoms with Crippen LogP contribution in [0.5, 0.6) is 5.75 Å². The maximum atomic E-state index is 14.3. The van der Waals surface area contributed by atoms with Gasteiger partial charge in [0.2, 0.25) is 0 Å². The normalized spacial score (nSPS) is 19.7. The van der Waals surface area contributed by atoms with Crippen molar-refractivity contribution in [2.45, 2.75) is 63.0 Å². The van der Waals surface area contributed by atoms with E-state index in [9.17, 15) is 23.3 Å². The van der Waals surface area contributed by atoms with Gasteiger partial charge >= 0.3 is 5.69 Å². The molecule has 2 aliphatic carbocycles. The Morgan fingerprint density at radius 3 is 2.61 bits per heavy atom. The fourth-order valence-electron chi connectivity index (χ4n) is 9.57. The quantitative estimate of drug-likeness (QED) is 0.0856. The van der Waals surface area contributed by atoms with Gasteiger partial charge in [0.05, 0.1) is 33.2 Å². The Kier molecular flexibility index (Phi) is 11.8. The number of carbonyl (C=O) groups excluding carboxylic acids is 1. The highest BCUT2D eigenvalue weighted by Gasteiger charge is 2.34. The Labute approximate surface area is 387 Å². The SMILES string of the molecule is CC1(C)CCC(CN2CCN(c3ccc(C(=O)NS(=O)(=O)c4ccc(OCC5CN(C6CC6)CCO5)c([N+](=O)[O-])c4)c(-n4[nH]cc5nc6nccc6cc54)c3)CC2)=C(c2ccc(Cl)cc2)C1.